The summed E-state index contributed by atoms with van der Waals surface area (Å²) in [5.41, 5.74) is 2.73. The Morgan fingerprint density at radius 2 is 1.78 bits per heavy atom. The van der Waals surface area contributed by atoms with E-state index in [1.165, 1.54) is 17.6 Å². The van der Waals surface area contributed by atoms with E-state index in [0.29, 0.717) is 18.0 Å². The monoisotopic (exact) mass is 314 g/mol. The van der Waals surface area contributed by atoms with Gasteiger partial charge in [0.25, 0.3) is 0 Å². The molecular formula is C19H26N2O2. The molecule has 1 aromatic rings. The number of carbonyl (C=O) groups is 1. The largest absolute Gasteiger partial charge is 0.465 e. The van der Waals surface area contributed by atoms with Crippen LogP contribution in [0.1, 0.15) is 44.6 Å². The fraction of sp³-hybridized carbons (Fsp3) is 0.526. The molecule has 4 nitrogen and oxygen atoms in total. The van der Waals surface area contributed by atoms with Gasteiger partial charge in [-0.25, -0.2) is 4.79 Å². The first-order chi connectivity index (χ1) is 11.1. The zero-order chi connectivity index (χ0) is 16.2. The molecule has 2 saturated carbocycles. The lowest BCUT2D eigenvalue weighted by Gasteiger charge is -2.29. The summed E-state index contributed by atoms with van der Waals surface area (Å²) in [6.07, 6.45) is 6.64. The minimum absolute atomic E-state index is 0.139. The lowest BCUT2D eigenvalue weighted by Crippen LogP contribution is -2.42. The summed E-state index contributed by atoms with van der Waals surface area (Å²) in [6.45, 7) is 2.23. The Bertz CT molecular complexity index is 562. The van der Waals surface area contributed by atoms with Crippen molar-refractivity contribution in [2.75, 3.05) is 0 Å². The third-order valence-electron chi connectivity index (χ3n) is 5.07. The van der Waals surface area contributed by atoms with Crippen LogP contribution in [0.3, 0.4) is 0 Å². The molecule has 3 rings (SSSR count). The zero-order valence-corrected chi connectivity index (χ0v) is 13.7. The van der Waals surface area contributed by atoms with Gasteiger partial charge in [0.15, 0.2) is 0 Å². The molecule has 2 aliphatic rings. The van der Waals surface area contributed by atoms with Crippen LogP contribution in [-0.2, 0) is 0 Å². The highest BCUT2D eigenvalue weighted by Crippen LogP contribution is 2.39. The summed E-state index contributed by atoms with van der Waals surface area (Å²) < 4.78 is 0. The van der Waals surface area contributed by atoms with E-state index in [-0.39, 0.29) is 6.04 Å². The Labute approximate surface area is 138 Å². The van der Waals surface area contributed by atoms with E-state index in [9.17, 15) is 4.79 Å². The summed E-state index contributed by atoms with van der Waals surface area (Å²) in [5.74, 6) is 0.657. The Kier molecular flexibility index (Phi) is 5.01. The highest BCUT2D eigenvalue weighted by atomic mass is 16.4. The number of carboxylic acid groups (broad SMARTS) is 1. The topological polar surface area (TPSA) is 61.4 Å². The van der Waals surface area contributed by atoms with Gasteiger partial charge in [0.2, 0.25) is 0 Å². The number of hydrogen-bond acceptors (Lipinski definition) is 2. The average Bonchev–Trinajstić information content (AvgIpc) is 3.29. The molecule has 4 heteroatoms. The van der Waals surface area contributed by atoms with Gasteiger partial charge < -0.3 is 15.7 Å². The Hall–Kier alpha value is -1.81. The number of rotatable bonds is 5. The van der Waals surface area contributed by atoms with Crippen molar-refractivity contribution in [2.45, 2.75) is 57.2 Å². The van der Waals surface area contributed by atoms with Crippen LogP contribution >= 0.6 is 0 Å². The van der Waals surface area contributed by atoms with Crippen molar-refractivity contribution in [2.24, 2.45) is 5.92 Å². The molecule has 2 aliphatic carbocycles. The van der Waals surface area contributed by atoms with Crippen LogP contribution in [0.25, 0.3) is 6.08 Å². The molecule has 1 amide bonds. The van der Waals surface area contributed by atoms with Crippen LogP contribution in [0.2, 0.25) is 0 Å². The second-order valence-electron chi connectivity index (χ2n) is 6.91. The van der Waals surface area contributed by atoms with E-state index in [1.54, 1.807) is 0 Å². The summed E-state index contributed by atoms with van der Waals surface area (Å²) in [5, 5.41) is 15.1. The Balaban J connectivity index is 1.43. The minimum atomic E-state index is -0.898. The number of benzene rings is 1. The van der Waals surface area contributed by atoms with Gasteiger partial charge in [-0.15, -0.1) is 0 Å². The molecule has 3 N–H and O–H groups in total. The van der Waals surface area contributed by atoms with E-state index in [4.69, 9.17) is 5.11 Å². The number of nitrogens with one attached hydrogen (secondary N) is 2. The SMILES string of the molecule is CC(=Cc1ccccc1)[C@@H]1C[C@H]1N[C@H]1CC[C@H](NC(=O)O)CC1. The van der Waals surface area contributed by atoms with E-state index >= 15 is 0 Å². The maximum atomic E-state index is 10.7. The van der Waals surface area contributed by atoms with Crippen molar-refractivity contribution < 1.29 is 9.90 Å². The third-order valence-corrected chi connectivity index (χ3v) is 5.07. The zero-order valence-electron chi connectivity index (χ0n) is 13.7. The molecule has 0 radical (unpaired) electrons. The molecule has 0 aromatic heterocycles. The quantitative estimate of drug-likeness (QED) is 0.777. The second-order valence-corrected chi connectivity index (χ2v) is 6.91. The van der Waals surface area contributed by atoms with E-state index in [1.807, 2.05) is 6.07 Å². The molecular weight excluding hydrogens is 288 g/mol. The average molecular weight is 314 g/mol. The van der Waals surface area contributed by atoms with Crippen molar-refractivity contribution in [3.05, 3.63) is 41.5 Å². The second kappa shape index (κ2) is 7.18. The normalized spacial score (nSPS) is 30.7. The molecule has 0 aliphatic heterocycles. The van der Waals surface area contributed by atoms with Gasteiger partial charge >= 0.3 is 6.09 Å². The lowest BCUT2D eigenvalue weighted by atomic mass is 9.91. The van der Waals surface area contributed by atoms with Crippen LogP contribution < -0.4 is 10.6 Å². The smallest absolute Gasteiger partial charge is 0.404 e. The number of hydrogen-bond donors (Lipinski definition) is 3. The van der Waals surface area contributed by atoms with E-state index in [2.05, 4.69) is 47.9 Å². The van der Waals surface area contributed by atoms with Gasteiger partial charge in [-0.1, -0.05) is 42.0 Å². The summed E-state index contributed by atoms with van der Waals surface area (Å²) >= 11 is 0. The first kappa shape index (κ1) is 16.1. The molecule has 2 fully saturated rings. The van der Waals surface area contributed by atoms with Crippen LogP contribution in [0.4, 0.5) is 4.79 Å². The molecule has 0 heterocycles. The predicted octanol–water partition coefficient (Wildman–Crippen LogP) is 3.65. The number of amides is 1. The van der Waals surface area contributed by atoms with Gasteiger partial charge in [0, 0.05) is 18.1 Å². The first-order valence-electron chi connectivity index (χ1n) is 8.60. The van der Waals surface area contributed by atoms with Crippen LogP contribution in [0.5, 0.6) is 0 Å². The first-order valence-corrected chi connectivity index (χ1v) is 8.60. The van der Waals surface area contributed by atoms with E-state index < -0.39 is 6.09 Å². The fourth-order valence-electron chi connectivity index (χ4n) is 3.68. The van der Waals surface area contributed by atoms with E-state index in [0.717, 1.165) is 25.7 Å². The molecule has 0 spiro atoms. The minimum Gasteiger partial charge on any atom is -0.465 e. The molecule has 0 saturated heterocycles. The molecule has 124 valence electrons. The molecule has 0 bridgehead atoms. The third kappa shape index (κ3) is 4.58. The standard InChI is InChI=1S/C19H26N2O2/c1-13(11-14-5-3-2-4-6-14)17-12-18(17)20-15-7-9-16(10-8-15)21-19(22)23/h2-6,11,15-18,20-21H,7-10,12H2,1H3,(H,22,23)/t15-,16-,17-,18+/m0/s1. The van der Waals surface area contributed by atoms with Crippen molar-refractivity contribution in [3.63, 3.8) is 0 Å². The summed E-state index contributed by atoms with van der Waals surface area (Å²) in [4.78, 5) is 10.7. The fourth-order valence-corrected chi connectivity index (χ4v) is 3.68. The highest BCUT2D eigenvalue weighted by Gasteiger charge is 2.39. The highest BCUT2D eigenvalue weighted by molar-refractivity contribution is 5.64. The summed E-state index contributed by atoms with van der Waals surface area (Å²) in [7, 11) is 0. The predicted molar refractivity (Wildman–Crippen MR) is 92.3 cm³/mol. The van der Waals surface area contributed by atoms with Crippen molar-refractivity contribution in [1.82, 2.24) is 10.6 Å². The van der Waals surface area contributed by atoms with Gasteiger partial charge in [0.05, 0.1) is 0 Å². The summed E-state index contributed by atoms with van der Waals surface area (Å²) in [6, 6.07) is 11.8. The van der Waals surface area contributed by atoms with Crippen molar-refractivity contribution in [1.29, 1.82) is 0 Å². The molecule has 2 atom stereocenters. The van der Waals surface area contributed by atoms with Gasteiger partial charge in [0.1, 0.15) is 0 Å². The van der Waals surface area contributed by atoms with Crippen molar-refractivity contribution in [3.8, 4) is 0 Å². The maximum absolute atomic E-state index is 10.7. The van der Waals surface area contributed by atoms with Gasteiger partial charge in [-0.2, -0.15) is 0 Å². The van der Waals surface area contributed by atoms with Crippen LogP contribution in [0.15, 0.2) is 35.9 Å². The molecule has 23 heavy (non-hydrogen) atoms. The maximum Gasteiger partial charge on any atom is 0.404 e. The van der Waals surface area contributed by atoms with Gasteiger partial charge in [-0.05, 0) is 50.5 Å². The van der Waals surface area contributed by atoms with Crippen LogP contribution in [-0.4, -0.2) is 29.3 Å². The molecule has 1 aromatic carbocycles. The Morgan fingerprint density at radius 3 is 2.43 bits per heavy atom. The lowest BCUT2D eigenvalue weighted by molar-refractivity contribution is 0.183. The molecule has 0 unspecified atom stereocenters. The van der Waals surface area contributed by atoms with Crippen LogP contribution in [0, 0.1) is 5.92 Å². The van der Waals surface area contributed by atoms with Crippen molar-refractivity contribution >= 4 is 12.2 Å². The van der Waals surface area contributed by atoms with Gasteiger partial charge in [-0.3, -0.25) is 0 Å². The Morgan fingerprint density at radius 1 is 1.13 bits per heavy atom.